The molecule has 0 saturated carbocycles. The topological polar surface area (TPSA) is 55.0 Å². The first-order chi connectivity index (χ1) is 7.07. The molecule has 1 atom stereocenters. The fourth-order valence-electron chi connectivity index (χ4n) is 1.44. The molecule has 15 heavy (non-hydrogen) atoms. The molecule has 0 aliphatic carbocycles. The van der Waals surface area contributed by atoms with Crippen LogP contribution in [0, 0.1) is 0 Å². The van der Waals surface area contributed by atoms with Crippen molar-refractivity contribution in [1.29, 1.82) is 0 Å². The van der Waals surface area contributed by atoms with Crippen molar-refractivity contribution >= 4 is 23.2 Å². The van der Waals surface area contributed by atoms with Crippen LogP contribution < -0.4 is 10.6 Å². The molecule has 1 heterocycles. The minimum atomic E-state index is 0.331. The van der Waals surface area contributed by atoms with Gasteiger partial charge in [-0.1, -0.05) is 24.9 Å². The summed E-state index contributed by atoms with van der Waals surface area (Å²) >= 11 is 6.04. The highest BCUT2D eigenvalue weighted by molar-refractivity contribution is 6.35. The second-order valence-corrected chi connectivity index (χ2v) is 4.02. The number of nitrogen functional groups attached to an aromatic ring is 1. The molecule has 1 rings (SSSR count). The molecule has 0 aromatic carbocycles. The van der Waals surface area contributed by atoms with E-state index in [-0.39, 0.29) is 0 Å². The summed E-state index contributed by atoms with van der Waals surface area (Å²) in [5.41, 5.74) is 5.62. The summed E-state index contributed by atoms with van der Waals surface area (Å²) in [6, 6.07) is 0.391. The standard InChI is InChI=1S/C10H17ClN4/c1-4-5-7(2)15(3)10-8(11)9(12)13-6-14-10/h6-7H,4-5H2,1-3H3,(H2,12,13,14). The molecule has 0 aliphatic rings. The molecule has 0 bridgehead atoms. The number of hydrogen-bond donors (Lipinski definition) is 1. The molecule has 2 N–H and O–H groups in total. The van der Waals surface area contributed by atoms with E-state index in [1.54, 1.807) is 0 Å². The Hall–Kier alpha value is -1.03. The lowest BCUT2D eigenvalue weighted by atomic mass is 10.2. The van der Waals surface area contributed by atoms with E-state index >= 15 is 0 Å². The van der Waals surface area contributed by atoms with E-state index in [1.165, 1.54) is 6.33 Å². The number of anilines is 2. The second kappa shape index (κ2) is 5.16. The Morgan fingerprint density at radius 1 is 1.53 bits per heavy atom. The van der Waals surface area contributed by atoms with Gasteiger partial charge in [0, 0.05) is 13.1 Å². The smallest absolute Gasteiger partial charge is 0.153 e. The summed E-state index contributed by atoms with van der Waals surface area (Å²) in [7, 11) is 1.97. The number of hydrogen-bond acceptors (Lipinski definition) is 4. The first kappa shape index (κ1) is 12.0. The maximum Gasteiger partial charge on any atom is 0.153 e. The van der Waals surface area contributed by atoms with Gasteiger partial charge in [0.25, 0.3) is 0 Å². The Morgan fingerprint density at radius 2 is 2.20 bits per heavy atom. The molecule has 1 unspecified atom stereocenters. The second-order valence-electron chi connectivity index (χ2n) is 3.65. The zero-order valence-electron chi connectivity index (χ0n) is 9.37. The molecule has 0 spiro atoms. The number of aromatic nitrogens is 2. The third kappa shape index (κ3) is 2.72. The van der Waals surface area contributed by atoms with Crippen LogP contribution in [0.1, 0.15) is 26.7 Å². The van der Waals surface area contributed by atoms with Crippen LogP contribution >= 0.6 is 11.6 Å². The molecule has 1 aromatic heterocycles. The van der Waals surface area contributed by atoms with Crippen molar-refractivity contribution in [3.05, 3.63) is 11.3 Å². The van der Waals surface area contributed by atoms with Crippen LogP contribution in [-0.2, 0) is 0 Å². The summed E-state index contributed by atoms with van der Waals surface area (Å²) in [4.78, 5) is 10.0. The monoisotopic (exact) mass is 228 g/mol. The highest BCUT2D eigenvalue weighted by atomic mass is 35.5. The van der Waals surface area contributed by atoms with Crippen LogP contribution in [0.2, 0.25) is 5.02 Å². The molecule has 0 radical (unpaired) electrons. The van der Waals surface area contributed by atoms with Gasteiger partial charge < -0.3 is 10.6 Å². The molecule has 84 valence electrons. The Labute approximate surface area is 95.5 Å². The fraction of sp³-hybridized carbons (Fsp3) is 0.600. The average Bonchev–Trinajstić information content (AvgIpc) is 2.21. The molecule has 0 fully saturated rings. The number of nitrogens with zero attached hydrogens (tertiary/aromatic N) is 3. The van der Waals surface area contributed by atoms with Crippen LogP contribution in [0.25, 0.3) is 0 Å². The minimum absolute atomic E-state index is 0.331. The van der Waals surface area contributed by atoms with Gasteiger partial charge in [0.15, 0.2) is 5.82 Å². The third-order valence-corrected chi connectivity index (χ3v) is 2.86. The van der Waals surface area contributed by atoms with Gasteiger partial charge in [-0.05, 0) is 13.3 Å². The van der Waals surface area contributed by atoms with Gasteiger partial charge in [0.2, 0.25) is 0 Å². The summed E-state index contributed by atoms with van der Waals surface area (Å²) in [6.07, 6.45) is 3.66. The van der Waals surface area contributed by atoms with E-state index in [4.69, 9.17) is 17.3 Å². The predicted molar refractivity (Wildman–Crippen MR) is 64.2 cm³/mol. The SMILES string of the molecule is CCCC(C)N(C)c1ncnc(N)c1Cl. The van der Waals surface area contributed by atoms with E-state index in [1.807, 2.05) is 11.9 Å². The predicted octanol–water partition coefficient (Wildman–Crippen LogP) is 2.34. The lowest BCUT2D eigenvalue weighted by Crippen LogP contribution is -2.29. The van der Waals surface area contributed by atoms with Gasteiger partial charge in [0.05, 0.1) is 0 Å². The quantitative estimate of drug-likeness (QED) is 0.860. The first-order valence-corrected chi connectivity index (χ1v) is 5.44. The Balaban J connectivity index is 2.90. The van der Waals surface area contributed by atoms with Gasteiger partial charge >= 0.3 is 0 Å². The summed E-state index contributed by atoms with van der Waals surface area (Å²) in [5.74, 6) is 1.03. The minimum Gasteiger partial charge on any atom is -0.382 e. The van der Waals surface area contributed by atoms with Crippen molar-refractivity contribution in [3.63, 3.8) is 0 Å². The van der Waals surface area contributed by atoms with Crippen LogP contribution in [0.3, 0.4) is 0 Å². The first-order valence-electron chi connectivity index (χ1n) is 5.06. The number of nitrogens with two attached hydrogens (primary N) is 1. The molecule has 5 heteroatoms. The molecule has 4 nitrogen and oxygen atoms in total. The van der Waals surface area contributed by atoms with E-state index < -0.39 is 0 Å². The Kier molecular flexibility index (Phi) is 4.15. The normalized spacial score (nSPS) is 12.5. The average molecular weight is 229 g/mol. The van der Waals surface area contributed by atoms with E-state index in [0.717, 1.165) is 12.8 Å². The summed E-state index contributed by atoms with van der Waals surface area (Å²) in [5, 5.41) is 0.433. The third-order valence-electron chi connectivity index (χ3n) is 2.50. The lowest BCUT2D eigenvalue weighted by molar-refractivity contribution is 0.611. The largest absolute Gasteiger partial charge is 0.382 e. The van der Waals surface area contributed by atoms with Crippen molar-refractivity contribution in [2.45, 2.75) is 32.7 Å². The van der Waals surface area contributed by atoms with Crippen LogP contribution in [0.4, 0.5) is 11.6 Å². The van der Waals surface area contributed by atoms with Gasteiger partial charge in [0.1, 0.15) is 17.2 Å². The zero-order valence-corrected chi connectivity index (χ0v) is 10.1. The summed E-state index contributed by atoms with van der Waals surface area (Å²) in [6.45, 7) is 4.29. The Bertz CT molecular complexity index is 329. The zero-order chi connectivity index (χ0) is 11.4. The van der Waals surface area contributed by atoms with Gasteiger partial charge in [-0.3, -0.25) is 0 Å². The van der Waals surface area contributed by atoms with E-state index in [0.29, 0.717) is 22.7 Å². The van der Waals surface area contributed by atoms with Gasteiger partial charge in [-0.25, -0.2) is 9.97 Å². The fourth-order valence-corrected chi connectivity index (χ4v) is 1.67. The molecular weight excluding hydrogens is 212 g/mol. The molecule has 0 saturated heterocycles. The molecule has 1 aromatic rings. The Morgan fingerprint density at radius 3 is 2.80 bits per heavy atom. The molecule has 0 amide bonds. The van der Waals surface area contributed by atoms with Crippen LogP contribution in [0.15, 0.2) is 6.33 Å². The van der Waals surface area contributed by atoms with Gasteiger partial charge in [-0.2, -0.15) is 0 Å². The van der Waals surface area contributed by atoms with E-state index in [2.05, 4.69) is 23.8 Å². The lowest BCUT2D eigenvalue weighted by Gasteiger charge is -2.26. The maximum absolute atomic E-state index is 6.04. The summed E-state index contributed by atoms with van der Waals surface area (Å²) < 4.78 is 0. The highest BCUT2D eigenvalue weighted by Gasteiger charge is 2.15. The van der Waals surface area contributed by atoms with Crippen LogP contribution in [-0.4, -0.2) is 23.1 Å². The molecular formula is C10H17ClN4. The van der Waals surface area contributed by atoms with E-state index in [9.17, 15) is 0 Å². The van der Waals surface area contributed by atoms with Crippen molar-refractivity contribution in [2.24, 2.45) is 0 Å². The van der Waals surface area contributed by atoms with Gasteiger partial charge in [-0.15, -0.1) is 0 Å². The van der Waals surface area contributed by atoms with Crippen molar-refractivity contribution in [2.75, 3.05) is 17.7 Å². The van der Waals surface area contributed by atoms with Crippen LogP contribution in [0.5, 0.6) is 0 Å². The van der Waals surface area contributed by atoms with Crippen molar-refractivity contribution in [3.8, 4) is 0 Å². The number of rotatable bonds is 4. The number of halogens is 1. The highest BCUT2D eigenvalue weighted by Crippen LogP contribution is 2.27. The maximum atomic E-state index is 6.04. The van der Waals surface area contributed by atoms with Crippen molar-refractivity contribution in [1.82, 2.24) is 9.97 Å². The van der Waals surface area contributed by atoms with Crippen molar-refractivity contribution < 1.29 is 0 Å². The molecule has 0 aliphatic heterocycles.